The zero-order valence-electron chi connectivity index (χ0n) is 11.6. The molecule has 1 aliphatic carbocycles. The van der Waals surface area contributed by atoms with Gasteiger partial charge in [0.2, 0.25) is 0 Å². The first-order chi connectivity index (χ1) is 9.00. The van der Waals surface area contributed by atoms with E-state index in [1.165, 1.54) is 6.42 Å². The van der Waals surface area contributed by atoms with E-state index < -0.39 is 12.2 Å². The van der Waals surface area contributed by atoms with Crippen LogP contribution < -0.4 is 0 Å². The Morgan fingerprint density at radius 3 is 2.47 bits per heavy atom. The average molecular weight is 287 g/mol. The van der Waals surface area contributed by atoms with Gasteiger partial charge in [0.05, 0.1) is 17.9 Å². The average Bonchev–Trinajstić information content (AvgIpc) is 2.65. The predicted octanol–water partition coefficient (Wildman–Crippen LogP) is 2.23. The van der Waals surface area contributed by atoms with Crippen LogP contribution in [-0.4, -0.2) is 32.2 Å². The van der Waals surface area contributed by atoms with Crippen molar-refractivity contribution in [1.82, 2.24) is 9.78 Å². The topological polar surface area (TPSA) is 58.3 Å². The minimum Gasteiger partial charge on any atom is -0.390 e. The number of hydrogen-bond acceptors (Lipinski definition) is 3. The molecular formula is C14H23ClN2O2. The van der Waals surface area contributed by atoms with Crippen molar-refractivity contribution < 1.29 is 10.2 Å². The van der Waals surface area contributed by atoms with Crippen LogP contribution in [0, 0.1) is 12.8 Å². The second-order valence-corrected chi connectivity index (χ2v) is 6.00. The van der Waals surface area contributed by atoms with Crippen molar-refractivity contribution in [2.75, 3.05) is 0 Å². The van der Waals surface area contributed by atoms with Crippen LogP contribution >= 0.6 is 11.6 Å². The van der Waals surface area contributed by atoms with E-state index in [-0.39, 0.29) is 5.92 Å². The summed E-state index contributed by atoms with van der Waals surface area (Å²) in [5.41, 5.74) is 1.66. The number of aliphatic hydroxyl groups is 2. The van der Waals surface area contributed by atoms with Gasteiger partial charge in [0.1, 0.15) is 5.15 Å². The van der Waals surface area contributed by atoms with E-state index in [0.29, 0.717) is 11.6 Å². The highest BCUT2D eigenvalue weighted by molar-refractivity contribution is 6.30. The lowest BCUT2D eigenvalue weighted by atomic mass is 9.82. The third-order valence-corrected chi connectivity index (χ3v) is 4.68. The molecule has 1 aromatic heterocycles. The minimum atomic E-state index is -0.761. The highest BCUT2D eigenvalue weighted by Crippen LogP contribution is 2.29. The molecule has 4 nitrogen and oxygen atoms in total. The molecule has 0 aliphatic heterocycles. The molecule has 0 saturated heterocycles. The fourth-order valence-electron chi connectivity index (χ4n) is 3.03. The molecule has 0 aromatic carbocycles. The summed E-state index contributed by atoms with van der Waals surface area (Å²) in [6.07, 6.45) is 4.53. The molecule has 2 unspecified atom stereocenters. The molecule has 1 aromatic rings. The van der Waals surface area contributed by atoms with Crippen LogP contribution in [0.1, 0.15) is 43.4 Å². The number of hydrogen-bond donors (Lipinski definition) is 2. The van der Waals surface area contributed by atoms with E-state index in [1.54, 1.807) is 11.7 Å². The van der Waals surface area contributed by atoms with Crippen molar-refractivity contribution in [1.29, 1.82) is 0 Å². The van der Waals surface area contributed by atoms with Gasteiger partial charge < -0.3 is 10.2 Å². The number of aryl methyl sites for hydroxylation is 2. The maximum absolute atomic E-state index is 10.3. The molecule has 1 heterocycles. The van der Waals surface area contributed by atoms with E-state index in [9.17, 15) is 10.2 Å². The number of aromatic nitrogens is 2. The van der Waals surface area contributed by atoms with Gasteiger partial charge in [-0.1, -0.05) is 30.9 Å². The zero-order valence-corrected chi connectivity index (χ0v) is 12.4. The Hall–Kier alpha value is -0.580. The summed E-state index contributed by atoms with van der Waals surface area (Å²) in [4.78, 5) is 0. The first kappa shape index (κ1) is 14.8. The SMILES string of the molecule is Cc1nn(C)c(Cl)c1CC(O)C(O)C1CCCCC1. The van der Waals surface area contributed by atoms with Crippen LogP contribution in [0.15, 0.2) is 0 Å². The van der Waals surface area contributed by atoms with E-state index in [2.05, 4.69) is 5.10 Å². The summed E-state index contributed by atoms with van der Waals surface area (Å²) < 4.78 is 1.60. The largest absolute Gasteiger partial charge is 0.390 e. The smallest absolute Gasteiger partial charge is 0.130 e. The van der Waals surface area contributed by atoms with Crippen molar-refractivity contribution in [3.05, 3.63) is 16.4 Å². The number of halogens is 1. The number of aliphatic hydroxyl groups excluding tert-OH is 2. The van der Waals surface area contributed by atoms with Gasteiger partial charge in [0, 0.05) is 19.0 Å². The van der Waals surface area contributed by atoms with Crippen molar-refractivity contribution >= 4 is 11.6 Å². The van der Waals surface area contributed by atoms with Gasteiger partial charge in [0.25, 0.3) is 0 Å². The molecule has 5 heteroatoms. The Labute approximate surface area is 119 Å². The van der Waals surface area contributed by atoms with Crippen molar-refractivity contribution in [2.24, 2.45) is 13.0 Å². The number of nitrogens with zero attached hydrogens (tertiary/aromatic N) is 2. The first-order valence-corrected chi connectivity index (χ1v) is 7.42. The first-order valence-electron chi connectivity index (χ1n) is 7.04. The lowest BCUT2D eigenvalue weighted by molar-refractivity contribution is -0.0264. The summed E-state index contributed by atoms with van der Waals surface area (Å²) in [6, 6.07) is 0. The van der Waals surface area contributed by atoms with Crippen LogP contribution in [0.25, 0.3) is 0 Å². The highest BCUT2D eigenvalue weighted by Gasteiger charge is 2.29. The molecule has 19 heavy (non-hydrogen) atoms. The normalized spacial score (nSPS) is 20.5. The third-order valence-electron chi connectivity index (χ3n) is 4.21. The third kappa shape index (κ3) is 3.30. The van der Waals surface area contributed by atoms with Gasteiger partial charge in [0.15, 0.2) is 0 Å². The lowest BCUT2D eigenvalue weighted by Crippen LogP contribution is -2.36. The molecule has 0 amide bonds. The standard InChI is InChI=1S/C14H23ClN2O2/c1-9-11(14(15)17(2)16-9)8-12(18)13(19)10-6-4-3-5-7-10/h10,12-13,18-19H,3-8H2,1-2H3. The molecule has 2 N–H and O–H groups in total. The lowest BCUT2D eigenvalue weighted by Gasteiger charge is -2.29. The van der Waals surface area contributed by atoms with Gasteiger partial charge in [-0.2, -0.15) is 5.10 Å². The molecule has 0 bridgehead atoms. The minimum absolute atomic E-state index is 0.222. The van der Waals surface area contributed by atoms with Crippen molar-refractivity contribution in [3.63, 3.8) is 0 Å². The van der Waals surface area contributed by atoms with Crippen LogP contribution in [0.5, 0.6) is 0 Å². The van der Waals surface area contributed by atoms with Gasteiger partial charge in [-0.05, 0) is 25.7 Å². The van der Waals surface area contributed by atoms with E-state index in [1.807, 2.05) is 6.92 Å². The Balaban J connectivity index is 2.01. The van der Waals surface area contributed by atoms with Crippen molar-refractivity contribution in [2.45, 2.75) is 57.7 Å². The maximum atomic E-state index is 10.3. The van der Waals surface area contributed by atoms with Gasteiger partial charge in [-0.3, -0.25) is 4.68 Å². The van der Waals surface area contributed by atoms with E-state index in [4.69, 9.17) is 11.6 Å². The van der Waals surface area contributed by atoms with Crippen LogP contribution in [0.2, 0.25) is 5.15 Å². The molecule has 2 atom stereocenters. The highest BCUT2D eigenvalue weighted by atomic mass is 35.5. The molecule has 1 saturated carbocycles. The maximum Gasteiger partial charge on any atom is 0.130 e. The molecule has 108 valence electrons. The van der Waals surface area contributed by atoms with Crippen molar-refractivity contribution in [3.8, 4) is 0 Å². The Morgan fingerprint density at radius 2 is 1.95 bits per heavy atom. The molecule has 1 fully saturated rings. The summed E-state index contributed by atoms with van der Waals surface area (Å²) >= 11 is 6.16. The van der Waals surface area contributed by atoms with Gasteiger partial charge >= 0.3 is 0 Å². The van der Waals surface area contributed by atoms with E-state index >= 15 is 0 Å². The summed E-state index contributed by atoms with van der Waals surface area (Å²) in [5, 5.41) is 25.3. The van der Waals surface area contributed by atoms with Gasteiger partial charge in [-0.25, -0.2) is 0 Å². The quantitative estimate of drug-likeness (QED) is 0.892. The van der Waals surface area contributed by atoms with Gasteiger partial charge in [-0.15, -0.1) is 0 Å². The predicted molar refractivity (Wildman–Crippen MR) is 75.2 cm³/mol. The van der Waals surface area contributed by atoms with Crippen LogP contribution in [0.4, 0.5) is 0 Å². The monoisotopic (exact) mass is 286 g/mol. The number of rotatable bonds is 4. The molecule has 0 radical (unpaired) electrons. The summed E-state index contributed by atoms with van der Waals surface area (Å²) in [5.74, 6) is 0.222. The second-order valence-electron chi connectivity index (χ2n) is 5.64. The molecule has 2 rings (SSSR count). The van der Waals surface area contributed by atoms with E-state index in [0.717, 1.165) is 36.9 Å². The van der Waals surface area contributed by atoms with Crippen LogP contribution in [-0.2, 0) is 13.5 Å². The fraction of sp³-hybridized carbons (Fsp3) is 0.786. The Kier molecular flexibility index (Phi) is 4.87. The molecule has 1 aliphatic rings. The molecular weight excluding hydrogens is 264 g/mol. The summed E-state index contributed by atoms with van der Waals surface area (Å²) in [6.45, 7) is 1.88. The Morgan fingerprint density at radius 1 is 1.32 bits per heavy atom. The second kappa shape index (κ2) is 6.25. The summed E-state index contributed by atoms with van der Waals surface area (Å²) in [7, 11) is 1.78. The Bertz CT molecular complexity index is 427. The van der Waals surface area contributed by atoms with Crippen LogP contribution in [0.3, 0.4) is 0 Å². The zero-order chi connectivity index (χ0) is 14.0. The fourth-order valence-corrected chi connectivity index (χ4v) is 3.28. The molecule has 0 spiro atoms.